The van der Waals surface area contributed by atoms with Gasteiger partial charge in [-0.2, -0.15) is 0 Å². The van der Waals surface area contributed by atoms with Crippen LogP contribution in [-0.4, -0.2) is 51.5 Å². The summed E-state index contributed by atoms with van der Waals surface area (Å²) in [6, 6.07) is 6.99. The van der Waals surface area contributed by atoms with E-state index in [0.29, 0.717) is 5.75 Å². The summed E-state index contributed by atoms with van der Waals surface area (Å²) in [5.41, 5.74) is -2.75. The quantitative estimate of drug-likeness (QED) is 0.621. The van der Waals surface area contributed by atoms with Crippen molar-refractivity contribution in [3.05, 3.63) is 35.9 Å². The monoisotopic (exact) mass is 308 g/mol. The van der Waals surface area contributed by atoms with Crippen LogP contribution in [0.25, 0.3) is 6.08 Å². The van der Waals surface area contributed by atoms with Crippen molar-refractivity contribution in [2.24, 2.45) is 0 Å². The third-order valence-electron chi connectivity index (χ3n) is 3.00. The van der Waals surface area contributed by atoms with E-state index in [2.05, 4.69) is 0 Å². The first-order valence-electron chi connectivity index (χ1n) is 6.13. The number of carboxylic acids is 2. The summed E-state index contributed by atoms with van der Waals surface area (Å²) < 4.78 is 10.4. The zero-order valence-electron chi connectivity index (χ0n) is 11.1. The van der Waals surface area contributed by atoms with E-state index in [4.69, 9.17) is 19.7 Å². The van der Waals surface area contributed by atoms with Crippen molar-refractivity contribution >= 4 is 23.8 Å². The number of Topliss-reactive ketones (excluding diaryl/α,β-unsaturated/α-hetero) is 1. The Hall–Kier alpha value is -2.71. The second-order valence-electron chi connectivity index (χ2n) is 4.44. The van der Waals surface area contributed by atoms with E-state index >= 15 is 0 Å². The number of benzene rings is 1. The predicted octanol–water partition coefficient (Wildman–Crippen LogP) is -0.0957. The van der Waals surface area contributed by atoms with Crippen molar-refractivity contribution in [2.75, 3.05) is 6.61 Å². The summed E-state index contributed by atoms with van der Waals surface area (Å²) in [4.78, 5) is 33.2. The van der Waals surface area contributed by atoms with Gasteiger partial charge < -0.3 is 24.8 Å². The highest BCUT2D eigenvalue weighted by Gasteiger charge is 2.52. The smallest absolute Gasteiger partial charge is 0.355 e. The number of aliphatic hydroxyl groups is 1. The second-order valence-corrected chi connectivity index (χ2v) is 4.44. The molecule has 1 aromatic carbocycles. The topological polar surface area (TPSA) is 130 Å². The molecule has 0 saturated heterocycles. The molecule has 1 aliphatic rings. The van der Waals surface area contributed by atoms with E-state index < -0.39 is 36.2 Å². The summed E-state index contributed by atoms with van der Waals surface area (Å²) in [5.74, 6) is -5.38. The number of carboxylic acid groups (broad SMARTS) is 2. The van der Waals surface area contributed by atoms with E-state index in [1.165, 1.54) is 6.08 Å². The van der Waals surface area contributed by atoms with Crippen molar-refractivity contribution in [3.63, 3.8) is 0 Å². The minimum absolute atomic E-state index is 0.495. The van der Waals surface area contributed by atoms with Gasteiger partial charge in [0.25, 0.3) is 0 Å². The fraction of sp³-hybridized carbons (Fsp3) is 0.214. The van der Waals surface area contributed by atoms with Crippen LogP contribution in [0.3, 0.4) is 0 Å². The van der Waals surface area contributed by atoms with Gasteiger partial charge in [0.05, 0.1) is 0 Å². The number of rotatable bonds is 6. The molecule has 0 bridgehead atoms. The fourth-order valence-corrected chi connectivity index (χ4v) is 1.75. The molecule has 0 amide bonds. The Labute approximate surface area is 124 Å². The van der Waals surface area contributed by atoms with Crippen LogP contribution in [0.1, 0.15) is 5.56 Å². The summed E-state index contributed by atoms with van der Waals surface area (Å²) >= 11 is 0. The van der Waals surface area contributed by atoms with Gasteiger partial charge >= 0.3 is 17.5 Å². The SMILES string of the molecule is O=C(O)C(O)(C(=O)O)C(=O)COC1C=Cc2ccccc2O1. The zero-order valence-corrected chi connectivity index (χ0v) is 11.1. The van der Waals surface area contributed by atoms with Gasteiger partial charge in [-0.1, -0.05) is 18.2 Å². The molecule has 8 heteroatoms. The second kappa shape index (κ2) is 5.96. The van der Waals surface area contributed by atoms with Crippen molar-refractivity contribution < 1.29 is 39.2 Å². The van der Waals surface area contributed by atoms with Gasteiger partial charge in [0, 0.05) is 5.56 Å². The first kappa shape index (κ1) is 15.7. The molecule has 116 valence electrons. The molecular weight excluding hydrogens is 296 g/mol. The molecule has 1 heterocycles. The Bertz CT molecular complexity index is 634. The summed E-state index contributed by atoms with van der Waals surface area (Å²) in [6.07, 6.45) is 2.15. The third-order valence-corrected chi connectivity index (χ3v) is 3.00. The summed E-state index contributed by atoms with van der Waals surface area (Å²) in [7, 11) is 0. The number of fused-ring (bicyclic) bond motifs is 1. The van der Waals surface area contributed by atoms with Crippen LogP contribution < -0.4 is 4.74 Å². The van der Waals surface area contributed by atoms with Crippen LogP contribution in [0.2, 0.25) is 0 Å². The molecule has 1 aliphatic heterocycles. The Kier molecular flexibility index (Phi) is 4.25. The van der Waals surface area contributed by atoms with Gasteiger partial charge in [-0.15, -0.1) is 0 Å². The van der Waals surface area contributed by atoms with Crippen LogP contribution in [-0.2, 0) is 19.1 Å². The van der Waals surface area contributed by atoms with Crippen LogP contribution in [0, 0.1) is 0 Å². The highest BCUT2D eigenvalue weighted by molar-refractivity contribution is 6.23. The molecular formula is C14H12O8. The molecule has 22 heavy (non-hydrogen) atoms. The Morgan fingerprint density at radius 1 is 1.18 bits per heavy atom. The van der Waals surface area contributed by atoms with E-state index in [1.807, 2.05) is 0 Å². The highest BCUT2D eigenvalue weighted by Crippen LogP contribution is 2.25. The van der Waals surface area contributed by atoms with Gasteiger partial charge in [0.1, 0.15) is 12.4 Å². The fourth-order valence-electron chi connectivity index (χ4n) is 1.75. The van der Waals surface area contributed by atoms with E-state index in [0.717, 1.165) is 5.56 Å². The summed E-state index contributed by atoms with van der Waals surface area (Å²) in [5, 5.41) is 26.8. The average Bonchev–Trinajstić information content (AvgIpc) is 2.51. The van der Waals surface area contributed by atoms with Gasteiger partial charge in [-0.05, 0) is 18.2 Å². The van der Waals surface area contributed by atoms with Crippen LogP contribution in [0.5, 0.6) is 5.75 Å². The lowest BCUT2D eigenvalue weighted by atomic mass is 9.99. The maximum atomic E-state index is 11.6. The molecule has 2 rings (SSSR count). The zero-order chi connectivity index (χ0) is 16.3. The molecule has 0 aromatic heterocycles. The normalized spacial score (nSPS) is 16.5. The van der Waals surface area contributed by atoms with E-state index in [1.54, 1.807) is 30.3 Å². The Morgan fingerprint density at radius 2 is 1.82 bits per heavy atom. The number of carbonyl (C=O) groups excluding carboxylic acids is 1. The third kappa shape index (κ3) is 2.83. The molecule has 0 spiro atoms. The molecule has 0 radical (unpaired) electrons. The maximum absolute atomic E-state index is 11.6. The van der Waals surface area contributed by atoms with Crippen LogP contribution >= 0.6 is 0 Å². The van der Waals surface area contributed by atoms with Crippen LogP contribution in [0.15, 0.2) is 30.3 Å². The van der Waals surface area contributed by atoms with E-state index in [-0.39, 0.29) is 0 Å². The highest BCUT2D eigenvalue weighted by atomic mass is 16.7. The molecule has 0 aliphatic carbocycles. The minimum atomic E-state index is -3.55. The van der Waals surface area contributed by atoms with E-state index in [9.17, 15) is 19.5 Å². The molecule has 1 atom stereocenters. The average molecular weight is 308 g/mol. The largest absolute Gasteiger partial charge is 0.478 e. The predicted molar refractivity (Wildman–Crippen MR) is 71.1 cm³/mol. The summed E-state index contributed by atoms with van der Waals surface area (Å²) in [6.45, 7) is -0.938. The number of aliphatic carboxylic acids is 2. The Morgan fingerprint density at radius 3 is 2.45 bits per heavy atom. The van der Waals surface area contributed by atoms with Gasteiger partial charge in [0.15, 0.2) is 0 Å². The minimum Gasteiger partial charge on any atom is -0.478 e. The van der Waals surface area contributed by atoms with Crippen molar-refractivity contribution in [3.8, 4) is 5.75 Å². The Balaban J connectivity index is 2.01. The number of ether oxygens (including phenoxy) is 2. The van der Waals surface area contributed by atoms with Gasteiger partial charge in [-0.3, -0.25) is 4.79 Å². The van der Waals surface area contributed by atoms with Crippen molar-refractivity contribution in [2.45, 2.75) is 11.9 Å². The molecule has 8 nitrogen and oxygen atoms in total. The lowest BCUT2D eigenvalue weighted by Gasteiger charge is -2.22. The number of ketones is 1. The molecule has 3 N–H and O–H groups in total. The lowest BCUT2D eigenvalue weighted by molar-refractivity contribution is -0.182. The number of hydrogen-bond donors (Lipinski definition) is 3. The first-order chi connectivity index (χ1) is 10.4. The number of para-hydroxylation sites is 1. The number of carbonyl (C=O) groups is 3. The lowest BCUT2D eigenvalue weighted by Crippen LogP contribution is -2.55. The maximum Gasteiger partial charge on any atom is 0.355 e. The molecule has 0 saturated carbocycles. The first-order valence-corrected chi connectivity index (χ1v) is 6.13. The molecule has 1 unspecified atom stereocenters. The van der Waals surface area contributed by atoms with Crippen LogP contribution in [0.4, 0.5) is 0 Å². The standard InChI is InChI=1S/C14H12O8/c15-10(14(20,12(16)17)13(18)19)7-21-11-6-5-8-3-1-2-4-9(8)22-11/h1-6,11,20H,7H2,(H,16,17)(H,18,19). The number of hydrogen-bond acceptors (Lipinski definition) is 6. The van der Waals surface area contributed by atoms with Gasteiger partial charge in [-0.25, -0.2) is 9.59 Å². The molecule has 1 aromatic rings. The van der Waals surface area contributed by atoms with Crippen molar-refractivity contribution in [1.29, 1.82) is 0 Å². The molecule has 0 fully saturated rings. The van der Waals surface area contributed by atoms with Gasteiger partial charge in [0.2, 0.25) is 12.1 Å². The van der Waals surface area contributed by atoms with Crippen molar-refractivity contribution in [1.82, 2.24) is 0 Å².